The number of phenols is 1. The first-order valence-electron chi connectivity index (χ1n) is 5.14. The summed E-state index contributed by atoms with van der Waals surface area (Å²) >= 11 is 0. The summed E-state index contributed by atoms with van der Waals surface area (Å²) in [5.74, 6) is 0.0266. The Kier molecular flexibility index (Phi) is 2.65. The second-order valence-electron chi connectivity index (χ2n) is 3.96. The van der Waals surface area contributed by atoms with Crippen LogP contribution in [0.15, 0.2) is 36.4 Å². The number of aromatic hydroxyl groups is 1. The molecule has 0 aliphatic heterocycles. The van der Waals surface area contributed by atoms with Gasteiger partial charge in [0, 0.05) is 0 Å². The van der Waals surface area contributed by atoms with E-state index in [9.17, 15) is 9.50 Å². The van der Waals surface area contributed by atoms with Crippen molar-refractivity contribution in [2.45, 2.75) is 13.8 Å². The lowest BCUT2D eigenvalue weighted by Gasteiger charge is -2.09. The molecule has 0 fully saturated rings. The van der Waals surface area contributed by atoms with Gasteiger partial charge in [-0.15, -0.1) is 0 Å². The second-order valence-corrected chi connectivity index (χ2v) is 3.96. The van der Waals surface area contributed by atoms with Crippen LogP contribution >= 0.6 is 0 Å². The van der Waals surface area contributed by atoms with E-state index in [-0.39, 0.29) is 11.6 Å². The van der Waals surface area contributed by atoms with Gasteiger partial charge in [0.2, 0.25) is 0 Å². The van der Waals surface area contributed by atoms with E-state index in [4.69, 9.17) is 0 Å². The van der Waals surface area contributed by atoms with Gasteiger partial charge in [0.05, 0.1) is 0 Å². The van der Waals surface area contributed by atoms with Crippen LogP contribution in [0.3, 0.4) is 0 Å². The van der Waals surface area contributed by atoms with Gasteiger partial charge >= 0.3 is 0 Å². The van der Waals surface area contributed by atoms with E-state index in [0.717, 1.165) is 22.3 Å². The minimum Gasteiger partial charge on any atom is -0.508 e. The standard InChI is InChI=1S/C14H13FO/c1-9-7-11(15)3-5-13(9)14-6-4-12(16)8-10(14)2/h3-8,16H,1-2H3. The molecule has 0 saturated heterocycles. The molecule has 1 nitrogen and oxygen atoms in total. The molecular weight excluding hydrogens is 203 g/mol. The zero-order chi connectivity index (χ0) is 11.7. The van der Waals surface area contributed by atoms with Crippen LogP contribution in [0.1, 0.15) is 11.1 Å². The van der Waals surface area contributed by atoms with Gasteiger partial charge in [0.1, 0.15) is 11.6 Å². The smallest absolute Gasteiger partial charge is 0.123 e. The number of rotatable bonds is 1. The van der Waals surface area contributed by atoms with Crippen molar-refractivity contribution in [3.05, 3.63) is 53.3 Å². The van der Waals surface area contributed by atoms with E-state index in [1.807, 2.05) is 19.9 Å². The molecule has 16 heavy (non-hydrogen) atoms. The van der Waals surface area contributed by atoms with Crippen molar-refractivity contribution in [2.75, 3.05) is 0 Å². The Morgan fingerprint density at radius 1 is 0.875 bits per heavy atom. The highest BCUT2D eigenvalue weighted by molar-refractivity contribution is 5.71. The second kappa shape index (κ2) is 3.97. The molecule has 0 saturated carbocycles. The highest BCUT2D eigenvalue weighted by Gasteiger charge is 2.06. The van der Waals surface area contributed by atoms with E-state index in [1.165, 1.54) is 12.1 Å². The quantitative estimate of drug-likeness (QED) is 0.768. The molecule has 2 aromatic rings. The molecule has 0 aromatic heterocycles. The van der Waals surface area contributed by atoms with Gasteiger partial charge in [0.15, 0.2) is 0 Å². The lowest BCUT2D eigenvalue weighted by atomic mass is 9.96. The number of halogens is 1. The molecule has 0 bridgehead atoms. The molecular formula is C14H13FO. The van der Waals surface area contributed by atoms with Crippen molar-refractivity contribution in [2.24, 2.45) is 0 Å². The predicted molar refractivity (Wildman–Crippen MR) is 63.0 cm³/mol. The third-order valence-electron chi connectivity index (χ3n) is 2.69. The summed E-state index contributed by atoms with van der Waals surface area (Å²) < 4.78 is 13.0. The molecule has 1 N–H and O–H groups in total. The van der Waals surface area contributed by atoms with Crippen molar-refractivity contribution >= 4 is 0 Å². The SMILES string of the molecule is Cc1cc(O)ccc1-c1ccc(F)cc1C. The van der Waals surface area contributed by atoms with Crippen LogP contribution in [0.25, 0.3) is 11.1 Å². The maximum atomic E-state index is 13.0. The number of benzene rings is 2. The Labute approximate surface area is 94.2 Å². The summed E-state index contributed by atoms with van der Waals surface area (Å²) in [4.78, 5) is 0. The summed E-state index contributed by atoms with van der Waals surface area (Å²) in [5, 5.41) is 9.34. The summed E-state index contributed by atoms with van der Waals surface area (Å²) in [6.45, 7) is 3.81. The van der Waals surface area contributed by atoms with Gasteiger partial charge in [-0.3, -0.25) is 0 Å². The third kappa shape index (κ3) is 1.91. The lowest BCUT2D eigenvalue weighted by molar-refractivity contribution is 0.475. The maximum absolute atomic E-state index is 13.0. The first kappa shape index (κ1) is 10.7. The van der Waals surface area contributed by atoms with E-state index in [0.29, 0.717) is 0 Å². The third-order valence-corrected chi connectivity index (χ3v) is 2.69. The highest BCUT2D eigenvalue weighted by Crippen LogP contribution is 2.29. The zero-order valence-electron chi connectivity index (χ0n) is 9.29. The summed E-state index contributed by atoms with van der Waals surface area (Å²) in [7, 11) is 0. The molecule has 0 unspecified atom stereocenters. The molecule has 2 rings (SSSR count). The fourth-order valence-electron chi connectivity index (χ4n) is 1.88. The Morgan fingerprint density at radius 2 is 1.44 bits per heavy atom. The van der Waals surface area contributed by atoms with Crippen LogP contribution in [-0.2, 0) is 0 Å². The molecule has 2 aromatic carbocycles. The van der Waals surface area contributed by atoms with Gasteiger partial charge in [-0.2, -0.15) is 0 Å². The number of phenolic OH excluding ortho intramolecular Hbond substituents is 1. The molecule has 0 aliphatic rings. The minimum absolute atomic E-state index is 0.224. The van der Waals surface area contributed by atoms with Crippen molar-refractivity contribution in [1.29, 1.82) is 0 Å². The molecule has 0 heterocycles. The van der Waals surface area contributed by atoms with Gasteiger partial charge in [0.25, 0.3) is 0 Å². The molecule has 0 radical (unpaired) electrons. The average Bonchev–Trinajstić information content (AvgIpc) is 2.19. The highest BCUT2D eigenvalue weighted by atomic mass is 19.1. The van der Waals surface area contributed by atoms with Crippen LogP contribution in [0.2, 0.25) is 0 Å². The zero-order valence-corrected chi connectivity index (χ0v) is 9.29. The van der Waals surface area contributed by atoms with Crippen molar-refractivity contribution in [3.8, 4) is 16.9 Å². The number of hydrogen-bond acceptors (Lipinski definition) is 1. The van der Waals surface area contributed by atoms with E-state index < -0.39 is 0 Å². The Bertz CT molecular complexity index is 483. The predicted octanol–water partition coefficient (Wildman–Crippen LogP) is 3.82. The average molecular weight is 216 g/mol. The van der Waals surface area contributed by atoms with E-state index >= 15 is 0 Å². The normalized spacial score (nSPS) is 10.4. The first-order valence-corrected chi connectivity index (χ1v) is 5.14. The molecule has 0 atom stereocenters. The van der Waals surface area contributed by atoms with Gasteiger partial charge < -0.3 is 5.11 Å². The summed E-state index contributed by atoms with van der Waals surface area (Å²) in [5.41, 5.74) is 3.90. The topological polar surface area (TPSA) is 20.2 Å². The van der Waals surface area contributed by atoms with Gasteiger partial charge in [-0.25, -0.2) is 4.39 Å². The molecule has 0 aliphatic carbocycles. The molecule has 0 spiro atoms. The van der Waals surface area contributed by atoms with Crippen molar-refractivity contribution in [1.82, 2.24) is 0 Å². The Morgan fingerprint density at radius 3 is 2.00 bits per heavy atom. The van der Waals surface area contributed by atoms with Crippen molar-refractivity contribution in [3.63, 3.8) is 0 Å². The Hall–Kier alpha value is -1.83. The number of hydrogen-bond donors (Lipinski definition) is 1. The first-order chi connectivity index (χ1) is 7.58. The largest absolute Gasteiger partial charge is 0.508 e. The Balaban J connectivity index is 2.59. The van der Waals surface area contributed by atoms with Gasteiger partial charge in [-0.05, 0) is 60.4 Å². The van der Waals surface area contributed by atoms with Crippen LogP contribution in [0.5, 0.6) is 5.75 Å². The lowest BCUT2D eigenvalue weighted by Crippen LogP contribution is -1.88. The molecule has 2 heteroatoms. The van der Waals surface area contributed by atoms with Crippen LogP contribution in [0, 0.1) is 19.7 Å². The van der Waals surface area contributed by atoms with Crippen LogP contribution in [-0.4, -0.2) is 5.11 Å². The van der Waals surface area contributed by atoms with Crippen LogP contribution < -0.4 is 0 Å². The van der Waals surface area contributed by atoms with E-state index in [2.05, 4.69) is 0 Å². The minimum atomic E-state index is -0.224. The van der Waals surface area contributed by atoms with Crippen LogP contribution in [0.4, 0.5) is 4.39 Å². The summed E-state index contributed by atoms with van der Waals surface area (Å²) in [6.07, 6.45) is 0. The van der Waals surface area contributed by atoms with E-state index in [1.54, 1.807) is 18.2 Å². The molecule has 0 amide bonds. The fraction of sp³-hybridized carbons (Fsp3) is 0.143. The molecule has 82 valence electrons. The summed E-state index contributed by atoms with van der Waals surface area (Å²) in [6, 6.07) is 9.94. The van der Waals surface area contributed by atoms with Gasteiger partial charge in [-0.1, -0.05) is 12.1 Å². The number of aryl methyl sites for hydroxylation is 2. The fourth-order valence-corrected chi connectivity index (χ4v) is 1.88. The monoisotopic (exact) mass is 216 g/mol. The maximum Gasteiger partial charge on any atom is 0.123 e. The van der Waals surface area contributed by atoms with Crippen molar-refractivity contribution < 1.29 is 9.50 Å².